The van der Waals surface area contributed by atoms with Gasteiger partial charge in [0.25, 0.3) is 0 Å². The average Bonchev–Trinajstić information content (AvgIpc) is 2.79. The summed E-state index contributed by atoms with van der Waals surface area (Å²) in [6.07, 6.45) is -2.62. The fraction of sp³-hybridized carbons (Fsp3) is 0.385. The highest BCUT2D eigenvalue weighted by atomic mass is 32.2. The maximum absolute atomic E-state index is 12.1. The number of benzene rings is 1. The van der Waals surface area contributed by atoms with E-state index >= 15 is 0 Å². The van der Waals surface area contributed by atoms with Gasteiger partial charge in [-0.15, -0.1) is 0 Å². The molecule has 0 bridgehead atoms. The first kappa shape index (κ1) is 16.2. The van der Waals surface area contributed by atoms with Crippen LogP contribution in [0.3, 0.4) is 0 Å². The normalized spacial score (nSPS) is 23.1. The van der Waals surface area contributed by atoms with Crippen LogP contribution in [0.5, 0.6) is 0 Å². The van der Waals surface area contributed by atoms with Crippen molar-refractivity contribution in [2.45, 2.75) is 19.1 Å². The molecule has 0 aromatic heterocycles. The molecule has 2 rings (SSSR count). The van der Waals surface area contributed by atoms with Crippen molar-refractivity contribution in [1.29, 1.82) is 0 Å². The molecule has 1 saturated heterocycles. The maximum atomic E-state index is 12.1. The molecule has 1 aromatic rings. The minimum absolute atomic E-state index is 0.0540. The Labute approximate surface area is 127 Å². The van der Waals surface area contributed by atoms with E-state index in [2.05, 4.69) is 4.74 Å². The number of esters is 1. The zero-order valence-electron chi connectivity index (χ0n) is 12.0. The number of rotatable bonds is 3. The molecule has 1 aromatic carbocycles. The lowest BCUT2D eigenvalue weighted by molar-refractivity contribution is -0.151. The lowest BCUT2D eigenvalue weighted by Gasteiger charge is -2.21. The smallest absolute Gasteiger partial charge is 0.425 e. The van der Waals surface area contributed by atoms with Crippen LogP contribution in [0.1, 0.15) is 18.5 Å². The molecule has 22 heavy (non-hydrogen) atoms. The van der Waals surface area contributed by atoms with Gasteiger partial charge in [0.2, 0.25) is 6.10 Å². The molecular weight excluding hydrogens is 314 g/mol. The highest BCUT2D eigenvalue weighted by Gasteiger charge is 2.54. The molecular formula is C13H15NO7S. The predicted molar refractivity (Wildman–Crippen MR) is 73.9 cm³/mol. The van der Waals surface area contributed by atoms with E-state index in [4.69, 9.17) is 8.92 Å². The number of amides is 1. The molecule has 2 atom stereocenters. The summed E-state index contributed by atoms with van der Waals surface area (Å²) in [5, 5.41) is 0. The molecule has 8 nitrogen and oxygen atoms in total. The lowest BCUT2D eigenvalue weighted by Crippen LogP contribution is -2.37. The minimum Gasteiger partial charge on any atom is -0.464 e. The molecule has 1 amide bonds. The molecule has 0 aliphatic carbocycles. The lowest BCUT2D eigenvalue weighted by atomic mass is 10.0. The first-order valence-corrected chi connectivity index (χ1v) is 7.81. The Balaban J connectivity index is 2.51. The summed E-state index contributed by atoms with van der Waals surface area (Å²) >= 11 is 0. The van der Waals surface area contributed by atoms with Gasteiger partial charge in [-0.2, -0.15) is 12.7 Å². The van der Waals surface area contributed by atoms with E-state index in [0.29, 0.717) is 9.87 Å². The van der Waals surface area contributed by atoms with Crippen molar-refractivity contribution in [3.63, 3.8) is 0 Å². The molecule has 1 heterocycles. The van der Waals surface area contributed by atoms with Crippen molar-refractivity contribution in [1.82, 2.24) is 4.31 Å². The maximum Gasteiger partial charge on any atom is 0.425 e. The zero-order valence-corrected chi connectivity index (χ0v) is 12.8. The second-order valence-corrected chi connectivity index (χ2v) is 5.79. The van der Waals surface area contributed by atoms with E-state index in [1.54, 1.807) is 37.3 Å². The van der Waals surface area contributed by atoms with E-state index in [1.807, 2.05) is 0 Å². The zero-order chi connectivity index (χ0) is 16.3. The van der Waals surface area contributed by atoms with Crippen LogP contribution >= 0.6 is 0 Å². The fourth-order valence-corrected chi connectivity index (χ4v) is 3.45. The Morgan fingerprint density at radius 2 is 1.91 bits per heavy atom. The van der Waals surface area contributed by atoms with E-state index in [0.717, 1.165) is 7.11 Å². The van der Waals surface area contributed by atoms with Gasteiger partial charge in [-0.25, -0.2) is 13.8 Å². The van der Waals surface area contributed by atoms with Gasteiger partial charge in [0.15, 0.2) is 0 Å². The predicted octanol–water partition coefficient (Wildman–Crippen LogP) is 1.00. The Morgan fingerprint density at radius 3 is 2.45 bits per heavy atom. The van der Waals surface area contributed by atoms with Gasteiger partial charge in [-0.3, -0.25) is 0 Å². The minimum atomic E-state index is -4.45. The second kappa shape index (κ2) is 6.32. The summed E-state index contributed by atoms with van der Waals surface area (Å²) in [5.41, 5.74) is 0.409. The highest BCUT2D eigenvalue weighted by molar-refractivity contribution is 7.85. The van der Waals surface area contributed by atoms with Crippen LogP contribution in [0, 0.1) is 0 Å². The van der Waals surface area contributed by atoms with Crippen LogP contribution in [0.25, 0.3) is 0 Å². The van der Waals surface area contributed by atoms with Gasteiger partial charge < -0.3 is 9.47 Å². The highest BCUT2D eigenvalue weighted by Crippen LogP contribution is 2.38. The molecule has 0 saturated carbocycles. The van der Waals surface area contributed by atoms with Crippen LogP contribution in [0.4, 0.5) is 4.79 Å². The summed E-state index contributed by atoms with van der Waals surface area (Å²) in [4.78, 5) is 23.8. The van der Waals surface area contributed by atoms with Crippen molar-refractivity contribution in [2.24, 2.45) is 0 Å². The van der Waals surface area contributed by atoms with E-state index < -0.39 is 34.5 Å². The number of nitrogens with zero attached hydrogens (tertiary/aromatic N) is 1. The van der Waals surface area contributed by atoms with Crippen LogP contribution in [-0.4, -0.2) is 44.6 Å². The van der Waals surface area contributed by atoms with Crippen molar-refractivity contribution in [3.05, 3.63) is 35.9 Å². The summed E-state index contributed by atoms with van der Waals surface area (Å²) in [5.74, 6) is -0.869. The number of ether oxygens (including phenoxy) is 2. The topological polar surface area (TPSA) is 99.2 Å². The molecule has 1 aliphatic rings. The number of hydrogen-bond acceptors (Lipinski definition) is 7. The molecule has 120 valence electrons. The van der Waals surface area contributed by atoms with E-state index in [1.165, 1.54) is 0 Å². The fourth-order valence-electron chi connectivity index (χ4n) is 2.14. The summed E-state index contributed by atoms with van der Waals surface area (Å²) in [6.45, 7) is 1.63. The SMILES string of the molecule is CCOC(=O)[C@@H]1OS(=O)(=O)N(C(=O)OC)[C@@H]1c1ccccc1. The third-order valence-electron chi connectivity index (χ3n) is 3.02. The molecule has 1 fully saturated rings. The van der Waals surface area contributed by atoms with Gasteiger partial charge in [0, 0.05) is 0 Å². The average molecular weight is 329 g/mol. The van der Waals surface area contributed by atoms with Gasteiger partial charge in [-0.05, 0) is 12.5 Å². The van der Waals surface area contributed by atoms with Crippen LogP contribution in [0.2, 0.25) is 0 Å². The Hall–Kier alpha value is -2.13. The van der Waals surface area contributed by atoms with Crippen molar-refractivity contribution < 1.29 is 31.7 Å². The van der Waals surface area contributed by atoms with Gasteiger partial charge in [-0.1, -0.05) is 30.3 Å². The van der Waals surface area contributed by atoms with Gasteiger partial charge in [0.1, 0.15) is 6.04 Å². The summed E-state index contributed by atoms with van der Waals surface area (Å²) in [6, 6.07) is 7.00. The number of carbonyl (C=O) groups is 2. The van der Waals surface area contributed by atoms with Crippen LogP contribution in [0.15, 0.2) is 30.3 Å². The standard InChI is InChI=1S/C13H15NO7S/c1-3-20-12(15)11-10(9-7-5-4-6-8-9)14(13(16)19-2)22(17,18)21-11/h4-8,10-11H,3H2,1-2H3/t10-,11-/m1/s1. The quantitative estimate of drug-likeness (QED) is 0.763. The van der Waals surface area contributed by atoms with Gasteiger partial charge >= 0.3 is 22.4 Å². The molecule has 1 aliphatic heterocycles. The first-order chi connectivity index (χ1) is 10.4. The van der Waals surface area contributed by atoms with E-state index in [9.17, 15) is 18.0 Å². The number of hydrogen-bond donors (Lipinski definition) is 0. The third-order valence-corrected chi connectivity index (χ3v) is 4.33. The monoisotopic (exact) mass is 329 g/mol. The molecule has 0 radical (unpaired) electrons. The number of methoxy groups -OCH3 is 1. The largest absolute Gasteiger partial charge is 0.464 e. The first-order valence-electron chi connectivity index (χ1n) is 6.44. The van der Waals surface area contributed by atoms with Crippen molar-refractivity contribution >= 4 is 22.4 Å². The molecule has 0 N–H and O–H groups in total. The summed E-state index contributed by atoms with van der Waals surface area (Å²) < 4.78 is 38.6. The van der Waals surface area contributed by atoms with Crippen LogP contribution < -0.4 is 0 Å². The third kappa shape index (κ3) is 2.90. The molecule has 0 spiro atoms. The molecule has 0 unspecified atom stereocenters. The Morgan fingerprint density at radius 1 is 1.27 bits per heavy atom. The summed E-state index contributed by atoms with van der Waals surface area (Å²) in [7, 11) is -3.41. The second-order valence-electron chi connectivity index (χ2n) is 4.35. The molecule has 9 heteroatoms. The van der Waals surface area contributed by atoms with Crippen molar-refractivity contribution in [3.8, 4) is 0 Å². The Bertz CT molecular complexity index is 658. The number of carbonyl (C=O) groups excluding carboxylic acids is 2. The Kier molecular flexibility index (Phi) is 4.67. The van der Waals surface area contributed by atoms with Crippen LogP contribution in [-0.2, 0) is 28.8 Å². The van der Waals surface area contributed by atoms with E-state index in [-0.39, 0.29) is 6.61 Å². The van der Waals surface area contributed by atoms with Crippen molar-refractivity contribution in [2.75, 3.05) is 13.7 Å². The van der Waals surface area contributed by atoms with Gasteiger partial charge in [0.05, 0.1) is 13.7 Å².